The van der Waals surface area contributed by atoms with Crippen molar-refractivity contribution in [3.63, 3.8) is 0 Å². The molecule has 1 aliphatic rings. The molecule has 3 aromatic carbocycles. The number of esters is 1. The Labute approximate surface area is 183 Å². The maximum absolute atomic E-state index is 12.4. The van der Waals surface area contributed by atoms with Crippen LogP contribution in [0.1, 0.15) is 41.3 Å². The van der Waals surface area contributed by atoms with E-state index in [2.05, 4.69) is 46.7 Å². The molecule has 3 aromatic rings. The standard InChI is InChI=1S/C26H27N3O2/c1-2-31-26(30)22-14-15-25(27-28-29-16-8-9-17-29)24(19-22)23-13-7-6-12-21(23)18-20-10-4-3-5-11-20/h3-7,10-15,19H,2,8-9,16-18H2,1H3. The molecule has 158 valence electrons. The van der Waals surface area contributed by atoms with Gasteiger partial charge in [-0.05, 0) is 61.1 Å². The van der Waals surface area contributed by atoms with Crippen LogP contribution in [0.3, 0.4) is 0 Å². The van der Waals surface area contributed by atoms with E-state index in [0.717, 1.165) is 49.2 Å². The molecule has 0 aliphatic carbocycles. The molecule has 0 saturated carbocycles. The normalized spacial score (nSPS) is 13.6. The van der Waals surface area contributed by atoms with Gasteiger partial charge in [0, 0.05) is 18.7 Å². The minimum Gasteiger partial charge on any atom is -0.462 e. The van der Waals surface area contributed by atoms with Crippen LogP contribution >= 0.6 is 0 Å². The third kappa shape index (κ3) is 5.18. The summed E-state index contributed by atoms with van der Waals surface area (Å²) in [7, 11) is 0. The van der Waals surface area contributed by atoms with Crippen molar-refractivity contribution in [1.82, 2.24) is 5.01 Å². The van der Waals surface area contributed by atoms with Crippen LogP contribution in [0.25, 0.3) is 11.1 Å². The molecule has 1 fully saturated rings. The molecule has 1 heterocycles. The van der Waals surface area contributed by atoms with Crippen molar-refractivity contribution in [2.24, 2.45) is 10.3 Å². The van der Waals surface area contributed by atoms with Gasteiger partial charge in [0.1, 0.15) is 0 Å². The smallest absolute Gasteiger partial charge is 0.338 e. The molecule has 0 radical (unpaired) electrons. The number of carbonyl (C=O) groups is 1. The van der Waals surface area contributed by atoms with Crippen molar-refractivity contribution >= 4 is 11.7 Å². The van der Waals surface area contributed by atoms with Gasteiger partial charge >= 0.3 is 5.97 Å². The minimum absolute atomic E-state index is 0.327. The second-order valence-corrected chi connectivity index (χ2v) is 7.62. The maximum atomic E-state index is 12.4. The Bertz CT molecular complexity index is 1060. The molecule has 0 N–H and O–H groups in total. The largest absolute Gasteiger partial charge is 0.462 e. The summed E-state index contributed by atoms with van der Waals surface area (Å²) in [5, 5.41) is 11.0. The summed E-state index contributed by atoms with van der Waals surface area (Å²) in [6.45, 7) is 4.02. The molecule has 1 aliphatic heterocycles. The van der Waals surface area contributed by atoms with E-state index >= 15 is 0 Å². The lowest BCUT2D eigenvalue weighted by Crippen LogP contribution is -2.09. The number of ether oxygens (including phenoxy) is 1. The zero-order valence-electron chi connectivity index (χ0n) is 17.8. The Hall–Kier alpha value is -3.47. The maximum Gasteiger partial charge on any atom is 0.338 e. The lowest BCUT2D eigenvalue weighted by Gasteiger charge is -2.14. The molecule has 0 unspecified atom stereocenters. The third-order valence-electron chi connectivity index (χ3n) is 5.41. The van der Waals surface area contributed by atoms with E-state index in [1.807, 2.05) is 42.3 Å². The monoisotopic (exact) mass is 413 g/mol. The predicted octanol–water partition coefficient (Wildman–Crippen LogP) is 6.22. The van der Waals surface area contributed by atoms with Crippen molar-refractivity contribution in [3.8, 4) is 11.1 Å². The predicted molar refractivity (Wildman–Crippen MR) is 122 cm³/mol. The van der Waals surface area contributed by atoms with Crippen LogP contribution in [0.15, 0.2) is 83.1 Å². The number of benzene rings is 3. The lowest BCUT2D eigenvalue weighted by atomic mass is 9.93. The van der Waals surface area contributed by atoms with Crippen molar-refractivity contribution in [1.29, 1.82) is 0 Å². The van der Waals surface area contributed by atoms with Gasteiger partial charge in [0.15, 0.2) is 0 Å². The fourth-order valence-corrected chi connectivity index (χ4v) is 3.83. The molecule has 1 saturated heterocycles. The van der Waals surface area contributed by atoms with Crippen LogP contribution in [-0.2, 0) is 11.2 Å². The second kappa shape index (κ2) is 10.0. The topological polar surface area (TPSA) is 54.3 Å². The van der Waals surface area contributed by atoms with Gasteiger partial charge in [0.25, 0.3) is 0 Å². The first kappa shape index (κ1) is 20.8. The quantitative estimate of drug-likeness (QED) is 0.341. The highest BCUT2D eigenvalue weighted by molar-refractivity contribution is 5.93. The number of hydrogen-bond donors (Lipinski definition) is 0. The Kier molecular flexibility index (Phi) is 6.72. The molecule has 0 aromatic heterocycles. The summed E-state index contributed by atoms with van der Waals surface area (Å²) in [6, 6.07) is 24.1. The van der Waals surface area contributed by atoms with E-state index in [1.165, 1.54) is 11.1 Å². The fraction of sp³-hybridized carbons (Fsp3) is 0.269. The van der Waals surface area contributed by atoms with Crippen LogP contribution in [0.4, 0.5) is 5.69 Å². The molecular weight excluding hydrogens is 386 g/mol. The SMILES string of the molecule is CCOC(=O)c1ccc(N=NN2CCCC2)c(-c2ccccc2Cc2ccccc2)c1. The van der Waals surface area contributed by atoms with Gasteiger partial charge in [0.2, 0.25) is 0 Å². The van der Waals surface area contributed by atoms with Gasteiger partial charge in [-0.25, -0.2) is 4.79 Å². The molecular formula is C26H27N3O2. The van der Waals surface area contributed by atoms with E-state index in [1.54, 1.807) is 6.07 Å². The first-order valence-electron chi connectivity index (χ1n) is 10.8. The van der Waals surface area contributed by atoms with Gasteiger partial charge in [-0.3, -0.25) is 5.01 Å². The van der Waals surface area contributed by atoms with Gasteiger partial charge in [-0.15, -0.1) is 5.11 Å². The first-order valence-corrected chi connectivity index (χ1v) is 10.8. The summed E-state index contributed by atoms with van der Waals surface area (Å²) >= 11 is 0. The Morgan fingerprint density at radius 2 is 1.68 bits per heavy atom. The number of nitrogens with zero attached hydrogens (tertiary/aromatic N) is 3. The van der Waals surface area contributed by atoms with Crippen LogP contribution in [0, 0.1) is 0 Å². The summed E-state index contributed by atoms with van der Waals surface area (Å²) in [6.07, 6.45) is 3.09. The highest BCUT2D eigenvalue weighted by Gasteiger charge is 2.16. The Morgan fingerprint density at radius 1 is 0.935 bits per heavy atom. The Balaban J connectivity index is 1.75. The van der Waals surface area contributed by atoms with Crippen LogP contribution in [0.5, 0.6) is 0 Å². The average Bonchev–Trinajstić information content (AvgIpc) is 3.33. The molecule has 0 amide bonds. The molecule has 0 bridgehead atoms. The van der Waals surface area contributed by atoms with Crippen LogP contribution in [-0.4, -0.2) is 30.7 Å². The molecule has 5 heteroatoms. The molecule has 0 atom stereocenters. The fourth-order valence-electron chi connectivity index (χ4n) is 3.83. The van der Waals surface area contributed by atoms with Crippen molar-refractivity contribution in [3.05, 3.63) is 89.5 Å². The number of carbonyl (C=O) groups excluding carboxylic acids is 1. The van der Waals surface area contributed by atoms with E-state index in [-0.39, 0.29) is 5.97 Å². The Morgan fingerprint density at radius 3 is 2.45 bits per heavy atom. The second-order valence-electron chi connectivity index (χ2n) is 7.62. The molecule has 31 heavy (non-hydrogen) atoms. The van der Waals surface area contributed by atoms with Gasteiger partial charge in [-0.1, -0.05) is 59.8 Å². The third-order valence-corrected chi connectivity index (χ3v) is 5.41. The number of hydrogen-bond acceptors (Lipinski definition) is 4. The van der Waals surface area contributed by atoms with Crippen LogP contribution in [0.2, 0.25) is 0 Å². The summed E-state index contributed by atoms with van der Waals surface area (Å²) in [5.41, 5.74) is 5.61. The van der Waals surface area contributed by atoms with E-state index in [4.69, 9.17) is 4.74 Å². The number of rotatable bonds is 7. The van der Waals surface area contributed by atoms with E-state index < -0.39 is 0 Å². The zero-order chi connectivity index (χ0) is 21.5. The van der Waals surface area contributed by atoms with Crippen LogP contribution < -0.4 is 0 Å². The highest BCUT2D eigenvalue weighted by atomic mass is 16.5. The average molecular weight is 414 g/mol. The zero-order valence-corrected chi connectivity index (χ0v) is 17.8. The van der Waals surface area contributed by atoms with Gasteiger partial charge in [-0.2, -0.15) is 0 Å². The lowest BCUT2D eigenvalue weighted by molar-refractivity contribution is 0.0526. The van der Waals surface area contributed by atoms with Gasteiger partial charge < -0.3 is 4.74 Å². The van der Waals surface area contributed by atoms with Crippen molar-refractivity contribution in [2.45, 2.75) is 26.2 Å². The summed E-state index contributed by atoms with van der Waals surface area (Å²) in [4.78, 5) is 12.4. The summed E-state index contributed by atoms with van der Waals surface area (Å²) < 4.78 is 5.22. The highest BCUT2D eigenvalue weighted by Crippen LogP contribution is 2.35. The van der Waals surface area contributed by atoms with Gasteiger partial charge in [0.05, 0.1) is 17.9 Å². The van der Waals surface area contributed by atoms with Crippen molar-refractivity contribution < 1.29 is 9.53 Å². The van der Waals surface area contributed by atoms with E-state index in [0.29, 0.717) is 12.2 Å². The first-order chi connectivity index (χ1) is 15.2. The molecule has 0 spiro atoms. The van der Waals surface area contributed by atoms with Crippen molar-refractivity contribution in [2.75, 3.05) is 19.7 Å². The minimum atomic E-state index is -0.327. The summed E-state index contributed by atoms with van der Waals surface area (Å²) in [5.74, 6) is -0.327. The molecule has 5 nitrogen and oxygen atoms in total. The molecule has 4 rings (SSSR count). The van der Waals surface area contributed by atoms with E-state index in [9.17, 15) is 4.79 Å².